The molecule has 4 N–H and O–H groups in total. The lowest BCUT2D eigenvalue weighted by Crippen LogP contribution is -2.38. The summed E-state index contributed by atoms with van der Waals surface area (Å²) < 4.78 is 14.6. The summed E-state index contributed by atoms with van der Waals surface area (Å²) in [5.41, 5.74) is 1.04. The molecule has 0 bridgehead atoms. The van der Waals surface area contributed by atoms with Crippen molar-refractivity contribution in [1.82, 2.24) is 5.32 Å². The summed E-state index contributed by atoms with van der Waals surface area (Å²) in [6, 6.07) is 2.03. The Morgan fingerprint density at radius 2 is 1.83 bits per heavy atom. The summed E-state index contributed by atoms with van der Waals surface area (Å²) in [6.07, 6.45) is 9.89. The van der Waals surface area contributed by atoms with Crippen LogP contribution in [0.2, 0.25) is 0 Å². The highest BCUT2D eigenvalue weighted by Gasteiger charge is 2.23. The Balaban J connectivity index is 2.12. The zero-order valence-electron chi connectivity index (χ0n) is 17.5. The van der Waals surface area contributed by atoms with Crippen LogP contribution in [-0.2, 0) is 4.79 Å². The number of rotatable bonds is 12. The molecule has 0 aromatic heterocycles. The maximum Gasteiger partial charge on any atom is 0.325 e. The van der Waals surface area contributed by atoms with Crippen LogP contribution in [0.1, 0.15) is 82.0 Å². The van der Waals surface area contributed by atoms with Crippen molar-refractivity contribution < 1.29 is 19.1 Å². The van der Waals surface area contributed by atoms with Gasteiger partial charge in [-0.3, -0.25) is 9.59 Å². The Bertz CT molecular complexity index is 690. The third-order valence-electron chi connectivity index (χ3n) is 5.38. The minimum atomic E-state index is -1.13. The number of hydrogen-bond acceptors (Lipinski definition) is 4. The predicted molar refractivity (Wildman–Crippen MR) is 114 cm³/mol. The van der Waals surface area contributed by atoms with Crippen LogP contribution in [-0.4, -0.2) is 35.6 Å². The Hall–Kier alpha value is -2.31. The van der Waals surface area contributed by atoms with Gasteiger partial charge in [-0.15, -0.1) is 0 Å². The lowest BCUT2D eigenvalue weighted by atomic mass is 10.1. The van der Waals surface area contributed by atoms with E-state index in [1.165, 1.54) is 32.3 Å². The van der Waals surface area contributed by atoms with E-state index in [1.54, 1.807) is 6.07 Å². The van der Waals surface area contributed by atoms with Gasteiger partial charge < -0.3 is 21.1 Å². The summed E-state index contributed by atoms with van der Waals surface area (Å²) >= 11 is 0. The minimum absolute atomic E-state index is 0.135. The van der Waals surface area contributed by atoms with Crippen molar-refractivity contribution in [3.63, 3.8) is 0 Å². The molecule has 0 saturated heterocycles. The van der Waals surface area contributed by atoms with Crippen LogP contribution in [0.25, 0.3) is 0 Å². The number of unbranched alkanes of at least 4 members (excludes halogenated alkanes) is 4. The van der Waals surface area contributed by atoms with Crippen molar-refractivity contribution in [2.45, 2.75) is 83.7 Å². The molecule has 7 heteroatoms. The molecule has 0 radical (unpaired) electrons. The molecule has 1 atom stereocenters. The number of carboxylic acid groups (broad SMARTS) is 1. The number of halogens is 1. The Kier molecular flexibility index (Phi) is 9.22. The molecule has 1 aliphatic rings. The Labute approximate surface area is 172 Å². The van der Waals surface area contributed by atoms with Gasteiger partial charge in [-0.2, -0.15) is 0 Å². The van der Waals surface area contributed by atoms with Crippen LogP contribution in [0.5, 0.6) is 0 Å². The third kappa shape index (κ3) is 7.22. The summed E-state index contributed by atoms with van der Waals surface area (Å²) in [5.74, 6) is -2.24. The van der Waals surface area contributed by atoms with Gasteiger partial charge in [-0.1, -0.05) is 45.4 Å². The van der Waals surface area contributed by atoms with Crippen LogP contribution in [0.3, 0.4) is 0 Å². The van der Waals surface area contributed by atoms with Gasteiger partial charge in [-0.25, -0.2) is 4.39 Å². The highest BCUT2D eigenvalue weighted by molar-refractivity contribution is 6.02. The number of anilines is 2. The monoisotopic (exact) mass is 407 g/mol. The smallest absolute Gasteiger partial charge is 0.325 e. The molecule has 1 aromatic carbocycles. The highest BCUT2D eigenvalue weighted by Crippen LogP contribution is 2.29. The molecule has 1 aliphatic carbocycles. The van der Waals surface area contributed by atoms with Gasteiger partial charge in [0.25, 0.3) is 5.91 Å². The highest BCUT2D eigenvalue weighted by atomic mass is 19.1. The van der Waals surface area contributed by atoms with E-state index in [-0.39, 0.29) is 11.6 Å². The van der Waals surface area contributed by atoms with Crippen molar-refractivity contribution in [3.8, 4) is 0 Å². The van der Waals surface area contributed by atoms with Crippen LogP contribution in [0, 0.1) is 5.82 Å². The van der Waals surface area contributed by atoms with Crippen molar-refractivity contribution in [1.29, 1.82) is 0 Å². The van der Waals surface area contributed by atoms with Crippen LogP contribution in [0.15, 0.2) is 12.1 Å². The minimum Gasteiger partial charge on any atom is -0.480 e. The van der Waals surface area contributed by atoms with Crippen molar-refractivity contribution >= 4 is 23.3 Å². The van der Waals surface area contributed by atoms with Crippen LogP contribution < -0.4 is 16.0 Å². The first-order valence-electron chi connectivity index (χ1n) is 10.8. The molecule has 0 spiro atoms. The van der Waals surface area contributed by atoms with Crippen molar-refractivity contribution in [2.24, 2.45) is 0 Å². The van der Waals surface area contributed by atoms with Gasteiger partial charge in [-0.05, 0) is 38.3 Å². The maximum absolute atomic E-state index is 14.6. The number of nitrogens with one attached hydrogen (secondary N) is 3. The summed E-state index contributed by atoms with van der Waals surface area (Å²) in [7, 11) is 0. The molecule has 1 aromatic rings. The largest absolute Gasteiger partial charge is 0.480 e. The van der Waals surface area contributed by atoms with Gasteiger partial charge in [0.1, 0.15) is 11.9 Å². The second-order valence-electron chi connectivity index (χ2n) is 7.88. The lowest BCUT2D eigenvalue weighted by molar-refractivity contribution is -0.138. The van der Waals surface area contributed by atoms with Gasteiger partial charge in [0.15, 0.2) is 0 Å². The van der Waals surface area contributed by atoms with E-state index in [2.05, 4.69) is 22.9 Å². The number of carbonyl (C=O) groups is 2. The molecule has 1 fully saturated rings. The van der Waals surface area contributed by atoms with E-state index in [4.69, 9.17) is 5.11 Å². The fraction of sp³-hybridized carbons (Fsp3) is 0.636. The van der Waals surface area contributed by atoms with Crippen molar-refractivity contribution in [2.75, 3.05) is 17.2 Å². The number of aliphatic carboxylic acids is 1. The van der Waals surface area contributed by atoms with Gasteiger partial charge in [0.05, 0.1) is 11.3 Å². The van der Waals surface area contributed by atoms with Gasteiger partial charge in [0, 0.05) is 18.3 Å². The average molecular weight is 408 g/mol. The molecule has 6 nitrogen and oxygen atoms in total. The molecule has 0 unspecified atom stereocenters. The first kappa shape index (κ1) is 23.0. The molecule has 2 rings (SSSR count). The van der Waals surface area contributed by atoms with Crippen LogP contribution >= 0.6 is 0 Å². The zero-order chi connectivity index (χ0) is 21.2. The zero-order valence-corrected chi connectivity index (χ0v) is 17.5. The molecule has 1 amide bonds. The molecular formula is C22H34FN3O3. The van der Waals surface area contributed by atoms with E-state index >= 15 is 0 Å². The topological polar surface area (TPSA) is 90.5 Å². The van der Waals surface area contributed by atoms with Crippen molar-refractivity contribution in [3.05, 3.63) is 23.5 Å². The van der Waals surface area contributed by atoms with E-state index < -0.39 is 23.7 Å². The number of carboxylic acids is 1. The first-order valence-corrected chi connectivity index (χ1v) is 10.8. The fourth-order valence-corrected chi connectivity index (χ4v) is 3.59. The summed E-state index contributed by atoms with van der Waals surface area (Å²) in [4.78, 5) is 23.6. The average Bonchev–Trinajstić information content (AvgIpc) is 3.19. The van der Waals surface area contributed by atoms with Gasteiger partial charge in [0.2, 0.25) is 0 Å². The summed E-state index contributed by atoms with van der Waals surface area (Å²) in [6.45, 7) is 4.22. The molecule has 162 valence electrons. The number of benzene rings is 1. The van der Waals surface area contributed by atoms with Crippen LogP contribution in [0.4, 0.5) is 15.8 Å². The summed E-state index contributed by atoms with van der Waals surface area (Å²) in [5, 5.41) is 18.0. The molecule has 0 aliphatic heterocycles. The van der Waals surface area contributed by atoms with Gasteiger partial charge >= 0.3 is 5.97 Å². The second-order valence-corrected chi connectivity index (χ2v) is 7.88. The molecule has 29 heavy (non-hydrogen) atoms. The molecule has 0 heterocycles. The van der Waals surface area contributed by atoms with E-state index in [1.807, 2.05) is 0 Å². The predicted octanol–water partition coefficient (Wildman–Crippen LogP) is 4.77. The molecular weight excluding hydrogens is 373 g/mol. The van der Waals surface area contributed by atoms with E-state index in [0.717, 1.165) is 38.5 Å². The number of hydrogen-bond donors (Lipinski definition) is 4. The number of carbonyl (C=O) groups excluding carboxylic acids is 1. The van der Waals surface area contributed by atoms with E-state index in [9.17, 15) is 14.0 Å². The number of amides is 1. The quantitative estimate of drug-likeness (QED) is 0.375. The Morgan fingerprint density at radius 1 is 1.14 bits per heavy atom. The van der Waals surface area contributed by atoms with E-state index in [0.29, 0.717) is 17.9 Å². The lowest BCUT2D eigenvalue weighted by Gasteiger charge is -2.20. The SMILES string of the molecule is CCCCCCCNc1cc(NC2CCCC2)c(C(=O)N[C@H](C)C(=O)O)cc1F. The first-order chi connectivity index (χ1) is 13.9. The maximum atomic E-state index is 14.6. The third-order valence-corrected chi connectivity index (χ3v) is 5.38. The normalized spacial score (nSPS) is 15.1. The molecule has 1 saturated carbocycles. The second kappa shape index (κ2) is 11.6. The fourth-order valence-electron chi connectivity index (χ4n) is 3.59. The standard InChI is InChI=1S/C22H34FN3O3/c1-3-4-5-6-9-12-24-20-14-19(26-16-10-7-8-11-16)17(13-18(20)23)21(27)25-15(2)22(28)29/h13-16,24,26H,3-12H2,1-2H3,(H,25,27)(H,28,29)/t15-/m1/s1. The Morgan fingerprint density at radius 3 is 2.48 bits per heavy atom.